The Kier molecular flexibility index (Phi) is 4.82. The minimum absolute atomic E-state index is 0.778. The molecule has 0 aliphatic carbocycles. The SMILES string of the molecule is CCCN(CCc1cccs1)C1CCNC1. The Labute approximate surface area is 103 Å². The molecule has 1 aliphatic rings. The minimum atomic E-state index is 0.778. The highest BCUT2D eigenvalue weighted by Gasteiger charge is 2.21. The van der Waals surface area contributed by atoms with Crippen LogP contribution in [0.25, 0.3) is 0 Å². The molecule has 0 radical (unpaired) electrons. The van der Waals surface area contributed by atoms with E-state index in [1.165, 1.54) is 50.3 Å². The summed E-state index contributed by atoms with van der Waals surface area (Å²) >= 11 is 1.88. The Morgan fingerprint density at radius 3 is 3.06 bits per heavy atom. The summed E-state index contributed by atoms with van der Waals surface area (Å²) < 4.78 is 0. The fourth-order valence-corrected chi connectivity index (χ4v) is 3.12. The molecular weight excluding hydrogens is 216 g/mol. The van der Waals surface area contributed by atoms with Gasteiger partial charge in [0.05, 0.1) is 0 Å². The zero-order valence-electron chi connectivity index (χ0n) is 10.1. The predicted octanol–water partition coefficient (Wildman–Crippen LogP) is 2.36. The molecule has 1 aromatic rings. The summed E-state index contributed by atoms with van der Waals surface area (Å²) in [5, 5.41) is 5.64. The molecule has 2 heterocycles. The number of hydrogen-bond donors (Lipinski definition) is 1. The fraction of sp³-hybridized carbons (Fsp3) is 0.692. The Morgan fingerprint density at radius 1 is 1.50 bits per heavy atom. The Bertz CT molecular complexity index is 278. The van der Waals surface area contributed by atoms with Gasteiger partial charge in [0.15, 0.2) is 0 Å². The Morgan fingerprint density at radius 2 is 2.44 bits per heavy atom. The van der Waals surface area contributed by atoms with Gasteiger partial charge < -0.3 is 5.32 Å². The van der Waals surface area contributed by atoms with Gasteiger partial charge in [-0.3, -0.25) is 4.90 Å². The average Bonchev–Trinajstić information content (AvgIpc) is 2.96. The second-order valence-corrected chi connectivity index (χ2v) is 5.54. The van der Waals surface area contributed by atoms with E-state index in [1.54, 1.807) is 0 Å². The van der Waals surface area contributed by atoms with Crippen molar-refractivity contribution in [3.8, 4) is 0 Å². The second-order valence-electron chi connectivity index (χ2n) is 4.51. The van der Waals surface area contributed by atoms with Gasteiger partial charge in [0.1, 0.15) is 0 Å². The van der Waals surface area contributed by atoms with Gasteiger partial charge in [-0.2, -0.15) is 0 Å². The second kappa shape index (κ2) is 6.38. The van der Waals surface area contributed by atoms with Crippen LogP contribution in [0.1, 0.15) is 24.6 Å². The van der Waals surface area contributed by atoms with E-state index in [0.29, 0.717) is 0 Å². The van der Waals surface area contributed by atoms with Crippen LogP contribution in [-0.2, 0) is 6.42 Å². The summed E-state index contributed by atoms with van der Waals surface area (Å²) in [5.74, 6) is 0. The molecule has 1 unspecified atom stereocenters. The normalized spacial score (nSPS) is 20.8. The summed E-state index contributed by atoms with van der Waals surface area (Å²) in [6.45, 7) is 7.13. The van der Waals surface area contributed by atoms with Crippen molar-refractivity contribution in [3.05, 3.63) is 22.4 Å². The molecule has 1 fully saturated rings. The molecule has 16 heavy (non-hydrogen) atoms. The van der Waals surface area contributed by atoms with Gasteiger partial charge in [-0.15, -0.1) is 11.3 Å². The number of nitrogens with zero attached hydrogens (tertiary/aromatic N) is 1. The molecule has 0 saturated carbocycles. The predicted molar refractivity (Wildman–Crippen MR) is 71.2 cm³/mol. The smallest absolute Gasteiger partial charge is 0.0232 e. The highest BCUT2D eigenvalue weighted by atomic mass is 32.1. The van der Waals surface area contributed by atoms with Crippen molar-refractivity contribution in [1.82, 2.24) is 10.2 Å². The largest absolute Gasteiger partial charge is 0.315 e. The van der Waals surface area contributed by atoms with Crippen LogP contribution < -0.4 is 5.32 Å². The van der Waals surface area contributed by atoms with Gasteiger partial charge in [0, 0.05) is 24.0 Å². The van der Waals surface area contributed by atoms with Crippen LogP contribution in [0.5, 0.6) is 0 Å². The van der Waals surface area contributed by atoms with Crippen LogP contribution >= 0.6 is 11.3 Å². The maximum atomic E-state index is 3.47. The molecule has 0 amide bonds. The van der Waals surface area contributed by atoms with Crippen LogP contribution in [0, 0.1) is 0 Å². The Balaban J connectivity index is 1.82. The zero-order chi connectivity index (χ0) is 11.2. The molecular formula is C13H22N2S. The standard InChI is InChI=1S/C13H22N2S/c1-2-8-15(12-5-7-14-11-12)9-6-13-4-3-10-16-13/h3-4,10,12,14H,2,5-9,11H2,1H3. The van der Waals surface area contributed by atoms with Gasteiger partial charge in [-0.1, -0.05) is 13.0 Å². The molecule has 3 heteroatoms. The molecule has 2 rings (SSSR count). The van der Waals surface area contributed by atoms with Crippen molar-refractivity contribution in [1.29, 1.82) is 0 Å². The lowest BCUT2D eigenvalue weighted by Gasteiger charge is -2.27. The van der Waals surface area contributed by atoms with Gasteiger partial charge in [-0.05, 0) is 43.8 Å². The van der Waals surface area contributed by atoms with E-state index in [-0.39, 0.29) is 0 Å². The highest BCUT2D eigenvalue weighted by Crippen LogP contribution is 2.13. The minimum Gasteiger partial charge on any atom is -0.315 e. The quantitative estimate of drug-likeness (QED) is 0.818. The maximum absolute atomic E-state index is 3.47. The van der Waals surface area contributed by atoms with Crippen molar-refractivity contribution in [2.45, 2.75) is 32.2 Å². The van der Waals surface area contributed by atoms with E-state index in [0.717, 1.165) is 6.04 Å². The average molecular weight is 238 g/mol. The van der Waals surface area contributed by atoms with Crippen LogP contribution in [0.15, 0.2) is 17.5 Å². The molecule has 0 spiro atoms. The van der Waals surface area contributed by atoms with Gasteiger partial charge in [-0.25, -0.2) is 0 Å². The summed E-state index contributed by atoms with van der Waals surface area (Å²) in [6.07, 6.45) is 3.81. The molecule has 1 aromatic heterocycles. The van der Waals surface area contributed by atoms with Crippen molar-refractivity contribution < 1.29 is 0 Å². The van der Waals surface area contributed by atoms with Crippen molar-refractivity contribution in [2.24, 2.45) is 0 Å². The van der Waals surface area contributed by atoms with E-state index in [4.69, 9.17) is 0 Å². The van der Waals surface area contributed by atoms with Crippen molar-refractivity contribution >= 4 is 11.3 Å². The maximum Gasteiger partial charge on any atom is 0.0232 e. The first-order valence-electron chi connectivity index (χ1n) is 6.37. The molecule has 0 bridgehead atoms. The number of hydrogen-bond acceptors (Lipinski definition) is 3. The lowest BCUT2D eigenvalue weighted by atomic mass is 10.2. The summed E-state index contributed by atoms with van der Waals surface area (Å²) in [6, 6.07) is 5.18. The monoisotopic (exact) mass is 238 g/mol. The lowest BCUT2D eigenvalue weighted by Crippen LogP contribution is -2.38. The van der Waals surface area contributed by atoms with Gasteiger partial charge in [0.25, 0.3) is 0 Å². The van der Waals surface area contributed by atoms with Crippen LogP contribution in [0.3, 0.4) is 0 Å². The number of thiophene rings is 1. The number of nitrogens with one attached hydrogen (secondary N) is 1. The lowest BCUT2D eigenvalue weighted by molar-refractivity contribution is 0.211. The fourth-order valence-electron chi connectivity index (χ4n) is 2.42. The summed E-state index contributed by atoms with van der Waals surface area (Å²) in [4.78, 5) is 4.19. The summed E-state index contributed by atoms with van der Waals surface area (Å²) in [5.41, 5.74) is 0. The first-order valence-corrected chi connectivity index (χ1v) is 7.25. The van der Waals surface area contributed by atoms with E-state index < -0.39 is 0 Å². The molecule has 0 aromatic carbocycles. The van der Waals surface area contributed by atoms with Crippen molar-refractivity contribution in [3.63, 3.8) is 0 Å². The molecule has 1 N–H and O–H groups in total. The zero-order valence-corrected chi connectivity index (χ0v) is 10.9. The van der Waals surface area contributed by atoms with Crippen LogP contribution in [0.4, 0.5) is 0 Å². The molecule has 2 nitrogen and oxygen atoms in total. The van der Waals surface area contributed by atoms with E-state index >= 15 is 0 Å². The third-order valence-corrected chi connectivity index (χ3v) is 4.22. The molecule has 1 aliphatic heterocycles. The first-order chi connectivity index (χ1) is 7.90. The van der Waals surface area contributed by atoms with Crippen LogP contribution in [-0.4, -0.2) is 37.1 Å². The van der Waals surface area contributed by atoms with E-state index in [1.807, 2.05) is 11.3 Å². The third-order valence-electron chi connectivity index (χ3n) is 3.29. The van der Waals surface area contributed by atoms with Gasteiger partial charge in [0.2, 0.25) is 0 Å². The van der Waals surface area contributed by atoms with Gasteiger partial charge >= 0.3 is 0 Å². The molecule has 90 valence electrons. The van der Waals surface area contributed by atoms with Crippen molar-refractivity contribution in [2.75, 3.05) is 26.2 Å². The first kappa shape index (κ1) is 12.1. The van der Waals surface area contributed by atoms with Crippen LogP contribution in [0.2, 0.25) is 0 Å². The van der Waals surface area contributed by atoms with E-state index in [2.05, 4.69) is 34.7 Å². The molecule has 1 saturated heterocycles. The third kappa shape index (κ3) is 3.30. The highest BCUT2D eigenvalue weighted by molar-refractivity contribution is 7.09. The topological polar surface area (TPSA) is 15.3 Å². The number of rotatable bonds is 6. The van der Waals surface area contributed by atoms with E-state index in [9.17, 15) is 0 Å². The summed E-state index contributed by atoms with van der Waals surface area (Å²) in [7, 11) is 0. The molecule has 1 atom stereocenters. The Hall–Kier alpha value is -0.380.